The lowest BCUT2D eigenvalue weighted by molar-refractivity contribution is 0.502. The van der Waals surface area contributed by atoms with Crippen LogP contribution in [-0.2, 0) is 5.41 Å². The molecule has 0 unspecified atom stereocenters. The molecule has 1 aromatic rings. The molecule has 0 fully saturated rings. The zero-order valence-electron chi connectivity index (χ0n) is 9.48. The summed E-state index contributed by atoms with van der Waals surface area (Å²) in [5.74, 6) is 0. The number of nitrogens with zero attached hydrogens (tertiary/aromatic N) is 1. The van der Waals surface area contributed by atoms with E-state index < -0.39 is 10.8 Å². The minimum atomic E-state index is -2.73. The molecule has 0 bridgehead atoms. The Morgan fingerprint density at radius 2 is 1.87 bits per heavy atom. The van der Waals surface area contributed by atoms with Crippen molar-refractivity contribution in [3.05, 3.63) is 24.0 Å². The standard InChI is InChI=1S/C10H18N2O2S/c1-10(2,3)8-5-9(7-11-6-8)12-15(4,13)14/h5-7,12-14H,1-4H3. The summed E-state index contributed by atoms with van der Waals surface area (Å²) in [5, 5.41) is 0. The molecule has 0 aliphatic heterocycles. The third-order valence-corrected chi connectivity index (χ3v) is 2.54. The summed E-state index contributed by atoms with van der Waals surface area (Å²) >= 11 is 0. The van der Waals surface area contributed by atoms with Crippen molar-refractivity contribution >= 4 is 16.5 Å². The Hall–Kier alpha value is -0.780. The van der Waals surface area contributed by atoms with Crippen molar-refractivity contribution in [1.29, 1.82) is 0 Å². The first-order valence-electron chi connectivity index (χ1n) is 4.65. The molecule has 1 rings (SSSR count). The van der Waals surface area contributed by atoms with Gasteiger partial charge in [0.1, 0.15) is 0 Å². The van der Waals surface area contributed by atoms with Crippen LogP contribution in [0.2, 0.25) is 0 Å². The Bertz CT molecular complexity index is 342. The predicted octanol–water partition coefficient (Wildman–Crippen LogP) is 3.09. The van der Waals surface area contributed by atoms with E-state index in [-0.39, 0.29) is 5.41 Å². The fraction of sp³-hybridized carbons (Fsp3) is 0.500. The molecule has 1 heterocycles. The van der Waals surface area contributed by atoms with Gasteiger partial charge in [0.25, 0.3) is 0 Å². The summed E-state index contributed by atoms with van der Waals surface area (Å²) in [4.78, 5) is 4.06. The molecule has 0 amide bonds. The molecule has 15 heavy (non-hydrogen) atoms. The first-order chi connectivity index (χ1) is 6.68. The summed E-state index contributed by atoms with van der Waals surface area (Å²) in [7, 11) is -2.73. The van der Waals surface area contributed by atoms with Crippen LogP contribution >= 0.6 is 10.8 Å². The molecule has 0 aliphatic carbocycles. The van der Waals surface area contributed by atoms with Gasteiger partial charge in [0.05, 0.1) is 11.9 Å². The Morgan fingerprint density at radius 1 is 1.27 bits per heavy atom. The third-order valence-electron chi connectivity index (χ3n) is 1.92. The van der Waals surface area contributed by atoms with Crippen LogP contribution in [0, 0.1) is 0 Å². The lowest BCUT2D eigenvalue weighted by atomic mass is 9.88. The van der Waals surface area contributed by atoms with Gasteiger partial charge < -0.3 is 0 Å². The summed E-state index contributed by atoms with van der Waals surface area (Å²) in [6, 6.07) is 1.88. The quantitative estimate of drug-likeness (QED) is 0.730. The average molecular weight is 230 g/mol. The van der Waals surface area contributed by atoms with Crippen molar-refractivity contribution in [2.75, 3.05) is 11.0 Å². The molecule has 1 aromatic heterocycles. The van der Waals surface area contributed by atoms with Crippen LogP contribution in [0.4, 0.5) is 5.69 Å². The number of hydrogen-bond donors (Lipinski definition) is 3. The summed E-state index contributed by atoms with van der Waals surface area (Å²) in [6.07, 6.45) is 4.70. The van der Waals surface area contributed by atoms with E-state index in [0.717, 1.165) is 5.56 Å². The SMILES string of the molecule is CC(C)(C)c1cncc(NS(C)(O)O)c1. The van der Waals surface area contributed by atoms with Crippen molar-refractivity contribution in [1.82, 2.24) is 4.98 Å². The molecule has 0 saturated carbocycles. The van der Waals surface area contributed by atoms with Crippen LogP contribution in [0.15, 0.2) is 18.5 Å². The van der Waals surface area contributed by atoms with Crippen molar-refractivity contribution in [3.8, 4) is 0 Å². The first kappa shape index (κ1) is 12.3. The molecule has 0 aliphatic rings. The molecule has 0 saturated heterocycles. The third kappa shape index (κ3) is 4.07. The smallest absolute Gasteiger partial charge is 0.0722 e. The fourth-order valence-electron chi connectivity index (χ4n) is 1.13. The molecule has 0 atom stereocenters. The second kappa shape index (κ2) is 4.00. The highest BCUT2D eigenvalue weighted by atomic mass is 32.3. The van der Waals surface area contributed by atoms with Gasteiger partial charge in [-0.2, -0.15) is 0 Å². The molecular formula is C10H18N2O2S. The van der Waals surface area contributed by atoms with Gasteiger partial charge in [-0.15, -0.1) is 10.8 Å². The van der Waals surface area contributed by atoms with E-state index in [1.807, 2.05) is 6.07 Å². The van der Waals surface area contributed by atoms with Crippen LogP contribution in [0.5, 0.6) is 0 Å². The Morgan fingerprint density at radius 3 is 2.33 bits per heavy atom. The van der Waals surface area contributed by atoms with Crippen molar-refractivity contribution in [2.24, 2.45) is 0 Å². The van der Waals surface area contributed by atoms with E-state index in [0.29, 0.717) is 5.69 Å². The van der Waals surface area contributed by atoms with Gasteiger partial charge in [-0.05, 0) is 17.0 Å². The fourth-order valence-corrected chi connectivity index (χ4v) is 1.69. The number of aromatic nitrogens is 1. The Kier molecular flexibility index (Phi) is 3.28. The van der Waals surface area contributed by atoms with E-state index in [9.17, 15) is 9.11 Å². The lowest BCUT2D eigenvalue weighted by Crippen LogP contribution is -2.13. The maximum absolute atomic E-state index is 9.26. The zero-order valence-corrected chi connectivity index (χ0v) is 10.3. The second-order valence-corrected chi connectivity index (χ2v) is 6.52. The number of anilines is 1. The molecule has 4 nitrogen and oxygen atoms in total. The van der Waals surface area contributed by atoms with Crippen LogP contribution < -0.4 is 4.72 Å². The van der Waals surface area contributed by atoms with E-state index in [2.05, 4.69) is 30.5 Å². The lowest BCUT2D eigenvalue weighted by Gasteiger charge is -2.29. The maximum Gasteiger partial charge on any atom is 0.0722 e. The number of hydrogen-bond acceptors (Lipinski definition) is 4. The Labute approximate surface area is 92.2 Å². The Balaban J connectivity index is 2.94. The average Bonchev–Trinajstić information content (AvgIpc) is 1.99. The van der Waals surface area contributed by atoms with Crippen LogP contribution in [0.1, 0.15) is 26.3 Å². The number of pyridine rings is 1. The highest BCUT2D eigenvalue weighted by Gasteiger charge is 2.15. The second-order valence-electron chi connectivity index (χ2n) is 4.65. The van der Waals surface area contributed by atoms with Gasteiger partial charge in [-0.25, -0.2) is 0 Å². The molecule has 0 aromatic carbocycles. The van der Waals surface area contributed by atoms with Gasteiger partial charge in [0.2, 0.25) is 0 Å². The number of nitrogens with one attached hydrogen (secondary N) is 1. The number of rotatable bonds is 2. The van der Waals surface area contributed by atoms with Gasteiger partial charge >= 0.3 is 0 Å². The molecular weight excluding hydrogens is 212 g/mol. The van der Waals surface area contributed by atoms with Crippen LogP contribution in [-0.4, -0.2) is 20.3 Å². The van der Waals surface area contributed by atoms with E-state index in [1.54, 1.807) is 12.4 Å². The van der Waals surface area contributed by atoms with Crippen LogP contribution in [0.25, 0.3) is 0 Å². The van der Waals surface area contributed by atoms with E-state index >= 15 is 0 Å². The largest absolute Gasteiger partial charge is 0.284 e. The predicted molar refractivity (Wildman–Crippen MR) is 65.3 cm³/mol. The molecule has 3 N–H and O–H groups in total. The minimum Gasteiger partial charge on any atom is -0.284 e. The highest BCUT2D eigenvalue weighted by molar-refractivity contribution is 8.24. The summed E-state index contributed by atoms with van der Waals surface area (Å²) in [6.45, 7) is 6.24. The minimum absolute atomic E-state index is 0.00133. The first-order valence-corrected chi connectivity index (χ1v) is 6.60. The molecule has 5 heteroatoms. The summed E-state index contributed by atoms with van der Waals surface area (Å²) in [5.41, 5.74) is 1.68. The summed E-state index contributed by atoms with van der Waals surface area (Å²) < 4.78 is 21.2. The van der Waals surface area contributed by atoms with Crippen molar-refractivity contribution in [3.63, 3.8) is 0 Å². The van der Waals surface area contributed by atoms with Gasteiger partial charge in [-0.1, -0.05) is 20.8 Å². The molecule has 0 radical (unpaired) electrons. The van der Waals surface area contributed by atoms with Gasteiger partial charge in [0.15, 0.2) is 0 Å². The zero-order chi connectivity index (χ0) is 11.7. The highest BCUT2D eigenvalue weighted by Crippen LogP contribution is 2.35. The van der Waals surface area contributed by atoms with Gasteiger partial charge in [-0.3, -0.25) is 18.8 Å². The van der Waals surface area contributed by atoms with Gasteiger partial charge in [0, 0.05) is 12.5 Å². The molecule has 86 valence electrons. The van der Waals surface area contributed by atoms with Crippen molar-refractivity contribution < 1.29 is 9.11 Å². The van der Waals surface area contributed by atoms with Crippen molar-refractivity contribution in [2.45, 2.75) is 26.2 Å². The molecule has 0 spiro atoms. The monoisotopic (exact) mass is 230 g/mol. The van der Waals surface area contributed by atoms with Crippen LogP contribution in [0.3, 0.4) is 0 Å². The van der Waals surface area contributed by atoms with E-state index in [4.69, 9.17) is 0 Å². The van der Waals surface area contributed by atoms with E-state index in [1.165, 1.54) is 6.26 Å². The normalized spacial score (nSPS) is 13.7. The maximum atomic E-state index is 9.26. The topological polar surface area (TPSA) is 65.4 Å².